The van der Waals surface area contributed by atoms with E-state index in [1.807, 2.05) is 34.1 Å². The Morgan fingerprint density at radius 2 is 1.59 bits per heavy atom. The van der Waals surface area contributed by atoms with E-state index in [0.717, 1.165) is 55.8 Å². The van der Waals surface area contributed by atoms with Crippen LogP contribution in [-0.4, -0.2) is 66.9 Å². The monoisotopic (exact) mass is 501 g/mol. The average molecular weight is 502 g/mol. The van der Waals surface area contributed by atoms with E-state index < -0.39 is 11.0 Å². The number of amides is 2. The summed E-state index contributed by atoms with van der Waals surface area (Å²) in [6.45, 7) is 8.33. The minimum absolute atomic E-state index is 0.148. The van der Waals surface area contributed by atoms with Gasteiger partial charge in [0.2, 0.25) is 11.8 Å². The lowest BCUT2D eigenvalue weighted by atomic mass is 9.91. The SMILES string of the molecule is CC(C)CC(=O)N1CCN(c2ccc(C3(C(=O)N4CCC5(C4)OC(=O)c4ccccc45)CC3)cc2)CC1. The predicted molar refractivity (Wildman–Crippen MR) is 140 cm³/mol. The average Bonchev–Trinajstić information content (AvgIpc) is 3.54. The van der Waals surface area contributed by atoms with Crippen LogP contribution in [0.5, 0.6) is 0 Å². The van der Waals surface area contributed by atoms with Gasteiger partial charge in [-0.15, -0.1) is 0 Å². The van der Waals surface area contributed by atoms with Crippen LogP contribution >= 0.6 is 0 Å². The molecule has 2 amide bonds. The number of anilines is 1. The number of likely N-dealkylation sites (tertiary alicyclic amines) is 1. The summed E-state index contributed by atoms with van der Waals surface area (Å²) in [5, 5.41) is 0. The van der Waals surface area contributed by atoms with Gasteiger partial charge in [0.05, 0.1) is 17.5 Å². The topological polar surface area (TPSA) is 70.2 Å². The number of ether oxygens (including phenoxy) is 1. The number of carbonyl (C=O) groups excluding carboxylic acids is 3. The van der Waals surface area contributed by atoms with Crippen molar-refractivity contribution in [1.82, 2.24) is 9.80 Å². The standard InChI is InChI=1S/C30H35N3O4/c1-21(2)19-26(34)32-17-15-31(16-18-32)23-9-7-22(8-10-23)29(11-12-29)28(36)33-14-13-30(20-33)25-6-4-3-5-24(25)27(35)37-30/h3-10,21H,11-20H2,1-2H3. The lowest BCUT2D eigenvalue weighted by Gasteiger charge is -2.36. The molecule has 6 rings (SSSR count). The summed E-state index contributed by atoms with van der Waals surface area (Å²) < 4.78 is 5.86. The highest BCUT2D eigenvalue weighted by molar-refractivity contribution is 5.96. The van der Waals surface area contributed by atoms with Crippen molar-refractivity contribution in [3.8, 4) is 0 Å². The third kappa shape index (κ3) is 4.09. The van der Waals surface area contributed by atoms with E-state index in [2.05, 4.69) is 43.0 Å². The second-order valence-electron chi connectivity index (χ2n) is 11.5. The molecule has 1 aliphatic carbocycles. The quantitative estimate of drug-likeness (QED) is 0.585. The zero-order valence-corrected chi connectivity index (χ0v) is 21.7. The molecule has 194 valence electrons. The second-order valence-corrected chi connectivity index (χ2v) is 11.5. The third-order valence-electron chi connectivity index (χ3n) is 8.60. The van der Waals surface area contributed by atoms with Gasteiger partial charge in [-0.3, -0.25) is 9.59 Å². The molecular weight excluding hydrogens is 466 g/mol. The Hall–Kier alpha value is -3.35. The van der Waals surface area contributed by atoms with E-state index in [-0.39, 0.29) is 17.8 Å². The lowest BCUT2D eigenvalue weighted by molar-refractivity contribution is -0.134. The van der Waals surface area contributed by atoms with Crippen LogP contribution in [0, 0.1) is 5.92 Å². The summed E-state index contributed by atoms with van der Waals surface area (Å²) in [4.78, 5) is 44.8. The molecule has 37 heavy (non-hydrogen) atoms. The fourth-order valence-electron chi connectivity index (χ4n) is 6.34. The maximum Gasteiger partial charge on any atom is 0.339 e. The van der Waals surface area contributed by atoms with Crippen molar-refractivity contribution in [1.29, 1.82) is 0 Å². The number of carbonyl (C=O) groups is 3. The van der Waals surface area contributed by atoms with Crippen molar-refractivity contribution >= 4 is 23.5 Å². The van der Waals surface area contributed by atoms with Crippen LogP contribution in [0.3, 0.4) is 0 Å². The first-order valence-electron chi connectivity index (χ1n) is 13.6. The highest BCUT2D eigenvalue weighted by Crippen LogP contribution is 2.52. The fourth-order valence-corrected chi connectivity index (χ4v) is 6.34. The molecule has 1 unspecified atom stereocenters. The van der Waals surface area contributed by atoms with Gasteiger partial charge in [0.25, 0.3) is 0 Å². The Balaban J connectivity index is 1.11. The minimum atomic E-state index is -0.706. The van der Waals surface area contributed by atoms with E-state index in [4.69, 9.17) is 4.74 Å². The second kappa shape index (κ2) is 8.89. The van der Waals surface area contributed by atoms with Crippen LogP contribution in [0.15, 0.2) is 48.5 Å². The molecule has 0 aromatic heterocycles. The first-order valence-corrected chi connectivity index (χ1v) is 13.6. The molecule has 1 spiro atoms. The number of piperazine rings is 1. The van der Waals surface area contributed by atoms with E-state index in [0.29, 0.717) is 37.4 Å². The van der Waals surface area contributed by atoms with Crippen molar-refractivity contribution in [2.24, 2.45) is 5.92 Å². The molecule has 2 aromatic rings. The molecule has 7 nitrogen and oxygen atoms in total. The highest BCUT2D eigenvalue weighted by Gasteiger charge is 2.57. The number of esters is 1. The van der Waals surface area contributed by atoms with Crippen LogP contribution in [0.4, 0.5) is 5.69 Å². The van der Waals surface area contributed by atoms with Crippen LogP contribution in [0.1, 0.15) is 61.0 Å². The maximum absolute atomic E-state index is 13.8. The smallest absolute Gasteiger partial charge is 0.339 e. The van der Waals surface area contributed by atoms with Crippen molar-refractivity contribution in [2.45, 2.75) is 50.5 Å². The molecule has 2 saturated heterocycles. The number of hydrogen-bond donors (Lipinski definition) is 0. The predicted octanol–water partition coefficient (Wildman–Crippen LogP) is 3.71. The van der Waals surface area contributed by atoms with Crippen molar-refractivity contribution in [2.75, 3.05) is 44.2 Å². The minimum Gasteiger partial charge on any atom is -0.449 e. The first-order chi connectivity index (χ1) is 17.8. The van der Waals surface area contributed by atoms with Gasteiger partial charge >= 0.3 is 5.97 Å². The number of fused-ring (bicyclic) bond motifs is 2. The molecule has 1 saturated carbocycles. The van der Waals surface area contributed by atoms with Gasteiger partial charge in [-0.2, -0.15) is 0 Å². The first kappa shape index (κ1) is 24.0. The summed E-state index contributed by atoms with van der Waals surface area (Å²) >= 11 is 0. The normalized spacial score (nSPS) is 24.0. The molecule has 3 fully saturated rings. The summed E-state index contributed by atoms with van der Waals surface area (Å²) in [6.07, 6.45) is 2.95. The van der Waals surface area contributed by atoms with Gasteiger partial charge in [0, 0.05) is 56.8 Å². The Morgan fingerprint density at radius 1 is 0.892 bits per heavy atom. The Morgan fingerprint density at radius 3 is 2.27 bits per heavy atom. The van der Waals surface area contributed by atoms with E-state index in [1.165, 1.54) is 0 Å². The molecule has 2 aromatic carbocycles. The van der Waals surface area contributed by atoms with Crippen molar-refractivity contribution in [3.63, 3.8) is 0 Å². The highest BCUT2D eigenvalue weighted by atomic mass is 16.6. The molecule has 7 heteroatoms. The summed E-state index contributed by atoms with van der Waals surface area (Å²) in [5.74, 6) is 0.492. The Bertz CT molecular complexity index is 1230. The molecule has 1 atom stereocenters. The van der Waals surface area contributed by atoms with Gasteiger partial charge in [0.1, 0.15) is 0 Å². The van der Waals surface area contributed by atoms with Gasteiger partial charge < -0.3 is 19.4 Å². The van der Waals surface area contributed by atoms with Crippen LogP contribution in [0.25, 0.3) is 0 Å². The fraction of sp³-hybridized carbons (Fsp3) is 0.500. The van der Waals surface area contributed by atoms with Crippen molar-refractivity contribution < 1.29 is 19.1 Å². The molecule has 3 heterocycles. The Kier molecular flexibility index (Phi) is 5.77. The third-order valence-corrected chi connectivity index (χ3v) is 8.60. The number of rotatable bonds is 5. The summed E-state index contributed by atoms with van der Waals surface area (Å²) in [6, 6.07) is 16.0. The molecule has 4 aliphatic rings. The zero-order chi connectivity index (χ0) is 25.8. The largest absolute Gasteiger partial charge is 0.449 e. The number of hydrogen-bond acceptors (Lipinski definition) is 5. The molecule has 3 aliphatic heterocycles. The summed E-state index contributed by atoms with van der Waals surface area (Å²) in [7, 11) is 0. The van der Waals surface area contributed by atoms with E-state index in [1.54, 1.807) is 0 Å². The van der Waals surface area contributed by atoms with Crippen molar-refractivity contribution in [3.05, 3.63) is 65.2 Å². The maximum atomic E-state index is 13.8. The van der Waals surface area contributed by atoms with Crippen LogP contribution < -0.4 is 4.90 Å². The van der Waals surface area contributed by atoms with Gasteiger partial charge in [-0.1, -0.05) is 44.2 Å². The van der Waals surface area contributed by atoms with Gasteiger partial charge in [-0.05, 0) is 42.5 Å². The molecule has 0 radical (unpaired) electrons. The van der Waals surface area contributed by atoms with Crippen LogP contribution in [-0.2, 0) is 25.3 Å². The molecular formula is C30H35N3O4. The zero-order valence-electron chi connectivity index (χ0n) is 21.7. The lowest BCUT2D eigenvalue weighted by Crippen LogP contribution is -2.49. The van der Waals surface area contributed by atoms with Gasteiger partial charge in [0.15, 0.2) is 5.60 Å². The van der Waals surface area contributed by atoms with Gasteiger partial charge in [-0.25, -0.2) is 4.79 Å². The van der Waals surface area contributed by atoms with E-state index in [9.17, 15) is 14.4 Å². The number of benzene rings is 2. The molecule has 0 N–H and O–H groups in total. The number of nitrogens with zero attached hydrogens (tertiary/aromatic N) is 3. The Labute approximate surface area is 218 Å². The molecule has 0 bridgehead atoms. The van der Waals surface area contributed by atoms with Crippen LogP contribution in [0.2, 0.25) is 0 Å². The van der Waals surface area contributed by atoms with E-state index >= 15 is 0 Å². The summed E-state index contributed by atoms with van der Waals surface area (Å²) in [5.41, 5.74) is 2.57.